The van der Waals surface area contributed by atoms with Crippen LogP contribution in [0.25, 0.3) is 0 Å². The van der Waals surface area contributed by atoms with Crippen molar-refractivity contribution in [1.82, 2.24) is 10.2 Å². The molecule has 1 N–H and O–H groups in total. The van der Waals surface area contributed by atoms with Crippen LogP contribution in [0.1, 0.15) is 57.1 Å². The van der Waals surface area contributed by atoms with Crippen LogP contribution in [0.4, 0.5) is 0 Å². The number of unbranched alkanes of at least 4 members (excludes halogenated alkanes) is 2. The third kappa shape index (κ3) is 3.87. The normalized spacial score (nSPS) is 20.4. The molecule has 4 nitrogen and oxygen atoms in total. The zero-order chi connectivity index (χ0) is 17.8. The number of thiocarbonyl (C=S) groups is 1. The molecule has 0 fully saturated rings. The van der Waals surface area contributed by atoms with Crippen molar-refractivity contribution < 1.29 is 9.53 Å². The number of rotatable bonds is 6. The number of ether oxygens (including phenoxy) is 1. The van der Waals surface area contributed by atoms with Gasteiger partial charge in [0.25, 0.3) is 0 Å². The van der Waals surface area contributed by atoms with Crippen LogP contribution in [0.3, 0.4) is 0 Å². The van der Waals surface area contributed by atoms with Gasteiger partial charge in [-0.3, -0.25) is 4.79 Å². The van der Waals surface area contributed by atoms with Gasteiger partial charge < -0.3 is 15.0 Å². The highest BCUT2D eigenvalue weighted by Gasteiger charge is 2.35. The minimum atomic E-state index is -0.152. The number of carbonyl (C=O) groups excluding carboxylic acids is 1. The van der Waals surface area contributed by atoms with E-state index in [1.807, 2.05) is 36.2 Å². The van der Waals surface area contributed by atoms with Gasteiger partial charge in [0.2, 0.25) is 0 Å². The van der Waals surface area contributed by atoms with Crippen molar-refractivity contribution >= 4 is 23.1 Å². The first-order valence-electron chi connectivity index (χ1n) is 9.15. The van der Waals surface area contributed by atoms with Crippen LogP contribution in [-0.2, 0) is 4.79 Å². The van der Waals surface area contributed by atoms with Crippen LogP contribution in [0.2, 0.25) is 0 Å². The molecule has 0 amide bonds. The lowest BCUT2D eigenvalue weighted by Gasteiger charge is -2.39. The summed E-state index contributed by atoms with van der Waals surface area (Å²) in [5.41, 5.74) is 3.00. The van der Waals surface area contributed by atoms with Gasteiger partial charge >= 0.3 is 0 Å². The number of hydrogen-bond donors (Lipinski definition) is 1. The summed E-state index contributed by atoms with van der Waals surface area (Å²) in [6.07, 6.45) is 5.89. The molecule has 1 aromatic rings. The summed E-state index contributed by atoms with van der Waals surface area (Å²) in [7, 11) is 1.94. The predicted octanol–water partition coefficient (Wildman–Crippen LogP) is 4.12. The van der Waals surface area contributed by atoms with Crippen LogP contribution in [0, 0.1) is 0 Å². The zero-order valence-electron chi connectivity index (χ0n) is 15.0. The van der Waals surface area contributed by atoms with Gasteiger partial charge in [0.05, 0.1) is 12.6 Å². The summed E-state index contributed by atoms with van der Waals surface area (Å²) in [5, 5.41) is 4.01. The molecule has 0 saturated carbocycles. The molecule has 0 bridgehead atoms. The molecular weight excluding hydrogens is 332 g/mol. The summed E-state index contributed by atoms with van der Waals surface area (Å²) < 4.78 is 5.78. The highest BCUT2D eigenvalue weighted by Crippen LogP contribution is 2.36. The van der Waals surface area contributed by atoms with E-state index >= 15 is 0 Å². The van der Waals surface area contributed by atoms with Gasteiger partial charge in [-0.05, 0) is 49.2 Å². The van der Waals surface area contributed by atoms with E-state index in [0.717, 1.165) is 48.5 Å². The molecule has 134 valence electrons. The van der Waals surface area contributed by atoms with Crippen molar-refractivity contribution in [3.05, 3.63) is 41.1 Å². The first kappa shape index (κ1) is 17.9. The monoisotopic (exact) mass is 358 g/mol. The second kappa shape index (κ2) is 8.00. The number of carbonyl (C=O) groups is 1. The number of allylic oxidation sites excluding steroid dienone is 1. The van der Waals surface area contributed by atoms with E-state index in [2.05, 4.69) is 12.2 Å². The molecule has 1 atom stereocenters. The fraction of sp³-hybridized carbons (Fsp3) is 0.500. The van der Waals surface area contributed by atoms with Crippen molar-refractivity contribution in [3.63, 3.8) is 0 Å². The molecule has 1 aromatic carbocycles. The standard InChI is InChI=1S/C20H26N2O2S/c1-3-4-5-13-24-15-11-9-14(10-12-15)19-18-16(7-6-8-17(18)23)22(2)20(25)21-19/h9-12,19H,3-8,13H2,1-2H3,(H,21,25). The second-order valence-electron chi connectivity index (χ2n) is 6.70. The molecule has 1 aliphatic heterocycles. The third-order valence-electron chi connectivity index (χ3n) is 4.92. The number of ketones is 1. The van der Waals surface area contributed by atoms with Crippen molar-refractivity contribution in [2.45, 2.75) is 51.5 Å². The Bertz CT molecular complexity index is 681. The van der Waals surface area contributed by atoms with Gasteiger partial charge in [0, 0.05) is 24.7 Å². The zero-order valence-corrected chi connectivity index (χ0v) is 15.8. The highest BCUT2D eigenvalue weighted by molar-refractivity contribution is 7.80. The Hall–Kier alpha value is -1.88. The van der Waals surface area contributed by atoms with Crippen molar-refractivity contribution in [2.75, 3.05) is 13.7 Å². The Labute approximate surface area is 155 Å². The third-order valence-corrected chi connectivity index (χ3v) is 5.32. The highest BCUT2D eigenvalue weighted by atomic mass is 32.1. The van der Waals surface area contributed by atoms with Crippen LogP contribution in [0.15, 0.2) is 35.5 Å². The SMILES string of the molecule is CCCCCOc1ccc(C2NC(=S)N(C)C3=C2C(=O)CCC3)cc1. The van der Waals surface area contributed by atoms with Gasteiger partial charge in [0.1, 0.15) is 5.75 Å². The molecule has 5 heteroatoms. The van der Waals surface area contributed by atoms with Gasteiger partial charge in [-0.1, -0.05) is 31.9 Å². The average molecular weight is 359 g/mol. The molecule has 0 aromatic heterocycles. The van der Waals surface area contributed by atoms with E-state index in [9.17, 15) is 4.79 Å². The molecule has 3 rings (SSSR count). The van der Waals surface area contributed by atoms with E-state index in [4.69, 9.17) is 17.0 Å². The molecule has 1 aliphatic carbocycles. The summed E-state index contributed by atoms with van der Waals surface area (Å²) >= 11 is 5.46. The summed E-state index contributed by atoms with van der Waals surface area (Å²) in [4.78, 5) is 14.5. The van der Waals surface area contributed by atoms with Crippen molar-refractivity contribution in [2.24, 2.45) is 0 Å². The molecule has 2 aliphatic rings. The quantitative estimate of drug-likeness (QED) is 0.612. The molecule has 1 heterocycles. The lowest BCUT2D eigenvalue weighted by molar-refractivity contribution is -0.116. The van der Waals surface area contributed by atoms with Crippen molar-refractivity contribution in [3.8, 4) is 5.75 Å². The summed E-state index contributed by atoms with van der Waals surface area (Å²) in [5.74, 6) is 1.10. The fourth-order valence-electron chi connectivity index (χ4n) is 3.49. The van der Waals surface area contributed by atoms with E-state index in [1.165, 1.54) is 12.8 Å². The van der Waals surface area contributed by atoms with Crippen molar-refractivity contribution in [1.29, 1.82) is 0 Å². The first-order valence-corrected chi connectivity index (χ1v) is 9.56. The molecular formula is C20H26N2O2S. The van der Waals surface area contributed by atoms with Crippen LogP contribution in [-0.4, -0.2) is 29.5 Å². The Morgan fingerprint density at radius 2 is 2.00 bits per heavy atom. The number of hydrogen-bond acceptors (Lipinski definition) is 3. The van der Waals surface area contributed by atoms with Crippen LogP contribution in [0.5, 0.6) is 5.75 Å². The number of benzene rings is 1. The maximum atomic E-state index is 12.5. The van der Waals surface area contributed by atoms with Gasteiger partial charge in [0.15, 0.2) is 10.9 Å². The Kier molecular flexibility index (Phi) is 5.74. The maximum absolute atomic E-state index is 12.5. The van der Waals surface area contributed by atoms with Crippen LogP contribution >= 0.6 is 12.2 Å². The molecule has 25 heavy (non-hydrogen) atoms. The van der Waals surface area contributed by atoms with E-state index in [0.29, 0.717) is 11.5 Å². The Morgan fingerprint density at radius 3 is 2.72 bits per heavy atom. The van der Waals surface area contributed by atoms with E-state index in [1.54, 1.807) is 0 Å². The smallest absolute Gasteiger partial charge is 0.173 e. The maximum Gasteiger partial charge on any atom is 0.173 e. The lowest BCUT2D eigenvalue weighted by atomic mass is 9.85. The lowest BCUT2D eigenvalue weighted by Crippen LogP contribution is -2.47. The van der Waals surface area contributed by atoms with Gasteiger partial charge in [-0.25, -0.2) is 0 Å². The van der Waals surface area contributed by atoms with Gasteiger partial charge in [-0.2, -0.15) is 0 Å². The minimum Gasteiger partial charge on any atom is -0.494 e. The van der Waals surface area contributed by atoms with E-state index in [-0.39, 0.29) is 11.8 Å². The Balaban J connectivity index is 1.79. The Morgan fingerprint density at radius 1 is 1.24 bits per heavy atom. The number of Topliss-reactive ketones (excluding diaryl/α,β-unsaturated/α-hetero) is 1. The molecule has 0 radical (unpaired) electrons. The first-order chi connectivity index (χ1) is 12.1. The minimum absolute atomic E-state index is 0.152. The molecule has 1 unspecified atom stereocenters. The molecule has 0 saturated heterocycles. The largest absolute Gasteiger partial charge is 0.494 e. The number of nitrogens with zero attached hydrogens (tertiary/aromatic N) is 1. The number of nitrogens with one attached hydrogen (secondary N) is 1. The van der Waals surface area contributed by atoms with Crippen LogP contribution < -0.4 is 10.1 Å². The molecule has 0 spiro atoms. The second-order valence-corrected chi connectivity index (χ2v) is 7.09. The summed E-state index contributed by atoms with van der Waals surface area (Å²) in [6, 6.07) is 7.89. The summed E-state index contributed by atoms with van der Waals surface area (Å²) in [6.45, 7) is 2.93. The van der Waals surface area contributed by atoms with Gasteiger partial charge in [-0.15, -0.1) is 0 Å². The topological polar surface area (TPSA) is 41.6 Å². The van der Waals surface area contributed by atoms with E-state index < -0.39 is 0 Å². The average Bonchev–Trinajstić information content (AvgIpc) is 2.63. The predicted molar refractivity (Wildman–Crippen MR) is 104 cm³/mol. The fourth-order valence-corrected chi connectivity index (χ4v) is 3.71.